The predicted molar refractivity (Wildman–Crippen MR) is 128 cm³/mol. The number of hydrogen-bond donors (Lipinski definition) is 1. The number of rotatable bonds is 5. The minimum Gasteiger partial charge on any atom is -0.493 e. The van der Waals surface area contributed by atoms with E-state index >= 15 is 0 Å². The van der Waals surface area contributed by atoms with E-state index in [1.165, 1.54) is 0 Å². The number of methoxy groups -OCH3 is 2. The lowest BCUT2D eigenvalue weighted by atomic mass is 9.86. The lowest BCUT2D eigenvalue weighted by Crippen LogP contribution is -2.62. The van der Waals surface area contributed by atoms with Crippen molar-refractivity contribution in [3.8, 4) is 11.5 Å². The summed E-state index contributed by atoms with van der Waals surface area (Å²) in [6.45, 7) is 0.263. The third-order valence-corrected chi connectivity index (χ3v) is 6.99. The van der Waals surface area contributed by atoms with Gasteiger partial charge >= 0.3 is 0 Å². The Bertz CT molecular complexity index is 1420. The van der Waals surface area contributed by atoms with Crippen LogP contribution >= 0.6 is 0 Å². The fourth-order valence-corrected chi connectivity index (χ4v) is 5.42. The molecule has 1 saturated heterocycles. The highest BCUT2D eigenvalue weighted by Crippen LogP contribution is 2.44. The molecule has 8 nitrogen and oxygen atoms in total. The Labute approximate surface area is 202 Å². The van der Waals surface area contributed by atoms with Gasteiger partial charge in [-0.15, -0.1) is 0 Å². The van der Waals surface area contributed by atoms with Crippen LogP contribution in [0.15, 0.2) is 65.3 Å². The number of piperazine rings is 1. The van der Waals surface area contributed by atoms with Gasteiger partial charge in [-0.3, -0.25) is 9.59 Å². The van der Waals surface area contributed by atoms with E-state index in [0.29, 0.717) is 23.7 Å². The monoisotopic (exact) mass is 471 g/mol. The number of carbonyl (C=O) groups is 2. The molecule has 6 rings (SSSR count). The summed E-state index contributed by atoms with van der Waals surface area (Å²) in [5, 5.41) is 1.07. The molecule has 0 spiro atoms. The Morgan fingerprint density at radius 1 is 1.03 bits per heavy atom. The van der Waals surface area contributed by atoms with Gasteiger partial charge in [-0.1, -0.05) is 24.3 Å². The SMILES string of the molecule is COc1ccc(C2c3[nH]c4ccccc4c3C[C@@H]3C(=O)N(Cc4ccco4)CC(=O)N23)cc1OC. The number of aromatic nitrogens is 1. The highest BCUT2D eigenvalue weighted by molar-refractivity contribution is 5.97. The molecule has 8 heteroatoms. The van der Waals surface area contributed by atoms with E-state index in [-0.39, 0.29) is 24.9 Å². The Balaban J connectivity index is 1.49. The quantitative estimate of drug-likeness (QED) is 0.480. The minimum absolute atomic E-state index is 0.00458. The number of hydrogen-bond acceptors (Lipinski definition) is 5. The molecule has 4 aromatic rings. The summed E-state index contributed by atoms with van der Waals surface area (Å²) in [6.07, 6.45) is 2.02. The molecule has 178 valence electrons. The van der Waals surface area contributed by atoms with Crippen molar-refractivity contribution >= 4 is 22.7 Å². The van der Waals surface area contributed by atoms with Crippen LogP contribution in [-0.2, 0) is 22.6 Å². The van der Waals surface area contributed by atoms with E-state index in [0.717, 1.165) is 27.7 Å². The zero-order valence-electron chi connectivity index (χ0n) is 19.5. The minimum atomic E-state index is -0.615. The van der Waals surface area contributed by atoms with Gasteiger partial charge in [-0.05, 0) is 41.5 Å². The zero-order valence-corrected chi connectivity index (χ0v) is 19.5. The van der Waals surface area contributed by atoms with Crippen LogP contribution in [0.2, 0.25) is 0 Å². The Morgan fingerprint density at radius 3 is 2.63 bits per heavy atom. The molecule has 1 unspecified atom stereocenters. The van der Waals surface area contributed by atoms with Crippen LogP contribution in [0.25, 0.3) is 10.9 Å². The Morgan fingerprint density at radius 2 is 1.86 bits per heavy atom. The van der Waals surface area contributed by atoms with Crippen LogP contribution in [0, 0.1) is 0 Å². The lowest BCUT2D eigenvalue weighted by Gasteiger charge is -2.47. The molecule has 0 radical (unpaired) electrons. The molecule has 35 heavy (non-hydrogen) atoms. The van der Waals surface area contributed by atoms with Crippen molar-refractivity contribution in [1.82, 2.24) is 14.8 Å². The van der Waals surface area contributed by atoms with Crippen molar-refractivity contribution in [2.45, 2.75) is 25.0 Å². The molecule has 0 aliphatic carbocycles. The summed E-state index contributed by atoms with van der Waals surface area (Å²) in [5.41, 5.74) is 3.81. The molecule has 2 aromatic carbocycles. The number of para-hydroxylation sites is 1. The van der Waals surface area contributed by atoms with Crippen LogP contribution in [0.4, 0.5) is 0 Å². The van der Waals surface area contributed by atoms with Gasteiger partial charge in [0.15, 0.2) is 11.5 Å². The maximum absolute atomic E-state index is 13.7. The van der Waals surface area contributed by atoms with Gasteiger partial charge in [0.25, 0.3) is 0 Å². The standard InChI is InChI=1S/C27H25N3O5/c1-33-22-10-9-16(12-23(22)34-2)26-25-19(18-7-3-4-8-20(18)28-25)13-21-27(32)29(15-24(31)30(21)26)14-17-6-5-11-35-17/h3-12,21,26,28H,13-15H2,1-2H3/t21-,26?/m1/s1. The second-order valence-corrected chi connectivity index (χ2v) is 8.87. The van der Waals surface area contributed by atoms with Crippen molar-refractivity contribution in [3.63, 3.8) is 0 Å². The lowest BCUT2D eigenvalue weighted by molar-refractivity contribution is -0.159. The number of ether oxygens (including phenoxy) is 2. The van der Waals surface area contributed by atoms with Crippen LogP contribution in [0.5, 0.6) is 11.5 Å². The summed E-state index contributed by atoms with van der Waals surface area (Å²) in [5.74, 6) is 1.64. The smallest absolute Gasteiger partial charge is 0.246 e. The van der Waals surface area contributed by atoms with Crippen molar-refractivity contribution in [3.05, 3.63) is 83.4 Å². The number of nitrogens with zero attached hydrogens (tertiary/aromatic N) is 2. The fourth-order valence-electron chi connectivity index (χ4n) is 5.42. The van der Waals surface area contributed by atoms with Gasteiger partial charge in [-0.25, -0.2) is 0 Å². The molecule has 2 amide bonds. The number of nitrogens with one attached hydrogen (secondary N) is 1. The molecule has 2 aliphatic rings. The molecular weight excluding hydrogens is 446 g/mol. The van der Waals surface area contributed by atoms with Crippen LogP contribution in [0.3, 0.4) is 0 Å². The average Bonchev–Trinajstić information content (AvgIpc) is 3.53. The molecule has 0 bridgehead atoms. The number of benzene rings is 2. The maximum atomic E-state index is 13.7. The normalized spacial score (nSPS) is 19.6. The second kappa shape index (κ2) is 8.23. The largest absolute Gasteiger partial charge is 0.493 e. The van der Waals surface area contributed by atoms with Crippen molar-refractivity contribution in [2.24, 2.45) is 0 Å². The molecule has 2 atom stereocenters. The number of carbonyl (C=O) groups excluding carboxylic acids is 2. The Kier molecular flexibility index (Phi) is 5.02. The van der Waals surface area contributed by atoms with Gasteiger partial charge < -0.3 is 28.7 Å². The summed E-state index contributed by atoms with van der Waals surface area (Å²) >= 11 is 0. The third-order valence-electron chi connectivity index (χ3n) is 6.99. The van der Waals surface area contributed by atoms with E-state index in [1.54, 1.807) is 36.3 Å². The van der Waals surface area contributed by atoms with Crippen LogP contribution < -0.4 is 9.47 Å². The maximum Gasteiger partial charge on any atom is 0.246 e. The molecule has 0 saturated carbocycles. The first-order valence-electron chi connectivity index (χ1n) is 11.5. The van der Waals surface area contributed by atoms with Gasteiger partial charge in [0.2, 0.25) is 11.8 Å². The second-order valence-electron chi connectivity index (χ2n) is 8.87. The first-order valence-corrected chi connectivity index (χ1v) is 11.5. The summed E-state index contributed by atoms with van der Waals surface area (Å²) in [7, 11) is 3.17. The fraction of sp³-hybridized carbons (Fsp3) is 0.259. The summed E-state index contributed by atoms with van der Waals surface area (Å²) in [4.78, 5) is 34.2. The molecule has 4 heterocycles. The predicted octanol–water partition coefficient (Wildman–Crippen LogP) is 3.66. The van der Waals surface area contributed by atoms with E-state index in [9.17, 15) is 9.59 Å². The molecule has 1 N–H and O–H groups in total. The van der Waals surface area contributed by atoms with Crippen molar-refractivity contribution in [2.75, 3.05) is 20.8 Å². The van der Waals surface area contributed by atoms with Crippen molar-refractivity contribution in [1.29, 1.82) is 0 Å². The van der Waals surface area contributed by atoms with E-state index < -0.39 is 12.1 Å². The van der Waals surface area contributed by atoms with E-state index in [1.807, 2.05) is 42.5 Å². The molecule has 2 aliphatic heterocycles. The van der Waals surface area contributed by atoms with E-state index in [2.05, 4.69) is 11.1 Å². The van der Waals surface area contributed by atoms with Gasteiger partial charge in [0, 0.05) is 23.0 Å². The Hall–Kier alpha value is -4.20. The highest BCUT2D eigenvalue weighted by Gasteiger charge is 2.48. The number of amides is 2. The van der Waals surface area contributed by atoms with Gasteiger partial charge in [0.1, 0.15) is 18.3 Å². The topological polar surface area (TPSA) is 88.0 Å². The molecule has 1 fully saturated rings. The molecule has 2 aromatic heterocycles. The van der Waals surface area contributed by atoms with Crippen molar-refractivity contribution < 1.29 is 23.5 Å². The average molecular weight is 472 g/mol. The number of H-pyrrole nitrogens is 1. The number of fused-ring (bicyclic) bond motifs is 4. The van der Waals surface area contributed by atoms with E-state index in [4.69, 9.17) is 13.9 Å². The zero-order chi connectivity index (χ0) is 24.1. The number of aromatic amines is 1. The van der Waals surface area contributed by atoms with Crippen LogP contribution in [-0.4, -0.2) is 53.4 Å². The van der Waals surface area contributed by atoms with Gasteiger partial charge in [0.05, 0.1) is 33.1 Å². The summed E-state index contributed by atoms with van der Waals surface area (Å²) < 4.78 is 16.4. The highest BCUT2D eigenvalue weighted by atomic mass is 16.5. The van der Waals surface area contributed by atoms with Gasteiger partial charge in [-0.2, -0.15) is 0 Å². The first kappa shape index (κ1) is 21.3. The third kappa shape index (κ3) is 3.36. The number of furan rings is 1. The first-order chi connectivity index (χ1) is 17.1. The molecular formula is C27H25N3O5. The van der Waals surface area contributed by atoms with Crippen LogP contribution in [0.1, 0.15) is 28.6 Å². The summed E-state index contributed by atoms with van der Waals surface area (Å²) in [6, 6.07) is 16.2.